The standard InChI is InChI=1S/C25H26O8/c1-8-3-12-18(24(28)32-22(12)26)16-10-5-11-17-15(7-31-21(11)20(10)30-6-14(8)16)9(2)4-13-19(17)25(29)33-23(13)27/h10-13,16-21H,3-7H2,1-2H3/t10-,11+,12+,13-,16-,17+,18+,19-,20+,21-. The Morgan fingerprint density at radius 3 is 1.45 bits per heavy atom. The summed E-state index contributed by atoms with van der Waals surface area (Å²) in [6.45, 7) is 4.89. The van der Waals surface area contributed by atoms with E-state index in [-0.39, 0.29) is 35.9 Å². The third kappa shape index (κ3) is 2.48. The van der Waals surface area contributed by atoms with Crippen molar-refractivity contribution in [3.05, 3.63) is 22.3 Å². The van der Waals surface area contributed by atoms with Gasteiger partial charge < -0.3 is 18.9 Å². The number of cyclic esters (lactones) is 4. The van der Waals surface area contributed by atoms with Gasteiger partial charge in [0.15, 0.2) is 0 Å². The third-order valence-electron chi connectivity index (χ3n) is 9.64. The first kappa shape index (κ1) is 20.1. The first-order valence-electron chi connectivity index (χ1n) is 12.0. The molecule has 0 radical (unpaired) electrons. The number of fused-ring (bicyclic) bond motifs is 11. The summed E-state index contributed by atoms with van der Waals surface area (Å²) in [5, 5.41) is 0. The summed E-state index contributed by atoms with van der Waals surface area (Å²) in [5.74, 6) is -3.69. The first-order valence-corrected chi connectivity index (χ1v) is 12.0. The summed E-state index contributed by atoms with van der Waals surface area (Å²) in [6, 6.07) is 0. The molecule has 8 nitrogen and oxygen atoms in total. The lowest BCUT2D eigenvalue weighted by molar-refractivity contribution is -0.157. The lowest BCUT2D eigenvalue weighted by Crippen LogP contribution is -2.50. The number of rotatable bonds is 0. The van der Waals surface area contributed by atoms with Crippen LogP contribution in [0.1, 0.15) is 33.1 Å². The van der Waals surface area contributed by atoms with Crippen LogP contribution in [-0.2, 0) is 38.1 Å². The van der Waals surface area contributed by atoms with E-state index in [9.17, 15) is 19.2 Å². The van der Waals surface area contributed by atoms with E-state index in [1.165, 1.54) is 0 Å². The van der Waals surface area contributed by atoms with Gasteiger partial charge in [0.2, 0.25) is 0 Å². The van der Waals surface area contributed by atoms with Gasteiger partial charge >= 0.3 is 23.9 Å². The van der Waals surface area contributed by atoms with Crippen LogP contribution < -0.4 is 0 Å². The highest BCUT2D eigenvalue weighted by molar-refractivity contribution is 5.98. The van der Waals surface area contributed by atoms with Crippen LogP contribution in [0.25, 0.3) is 0 Å². The number of hydrogen-bond donors (Lipinski definition) is 0. The molecule has 0 aromatic heterocycles. The second kappa shape index (κ2) is 6.63. The van der Waals surface area contributed by atoms with Crippen LogP contribution in [0.2, 0.25) is 0 Å². The Hall–Kier alpha value is -2.32. The van der Waals surface area contributed by atoms with Crippen molar-refractivity contribution in [1.82, 2.24) is 0 Å². The number of allylic oxidation sites excluding steroid dienone is 2. The molecule has 8 heteroatoms. The minimum atomic E-state index is -0.471. The van der Waals surface area contributed by atoms with Crippen molar-refractivity contribution in [3.8, 4) is 0 Å². The maximum absolute atomic E-state index is 12.7. The van der Waals surface area contributed by atoms with Crippen LogP contribution in [0.3, 0.4) is 0 Å². The minimum Gasteiger partial charge on any atom is -0.393 e. The molecular weight excluding hydrogens is 428 g/mol. The summed E-state index contributed by atoms with van der Waals surface area (Å²) in [6.07, 6.45) is 1.37. The molecular formula is C25H26O8. The van der Waals surface area contributed by atoms with Gasteiger partial charge in [-0.3, -0.25) is 19.2 Å². The monoisotopic (exact) mass is 454 g/mol. The smallest absolute Gasteiger partial charge is 0.318 e. The molecule has 4 aliphatic heterocycles. The predicted molar refractivity (Wildman–Crippen MR) is 109 cm³/mol. The van der Waals surface area contributed by atoms with Gasteiger partial charge in [0.05, 0.1) is 49.1 Å². The summed E-state index contributed by atoms with van der Waals surface area (Å²) in [7, 11) is 0. The predicted octanol–water partition coefficient (Wildman–Crippen LogP) is 1.72. The van der Waals surface area contributed by atoms with Gasteiger partial charge in [-0.15, -0.1) is 0 Å². The fourth-order valence-corrected chi connectivity index (χ4v) is 8.32. The highest BCUT2D eigenvalue weighted by Gasteiger charge is 2.65. The van der Waals surface area contributed by atoms with Crippen LogP contribution in [0.4, 0.5) is 0 Å². The van der Waals surface area contributed by atoms with Crippen molar-refractivity contribution in [2.75, 3.05) is 13.2 Å². The lowest BCUT2D eigenvalue weighted by atomic mass is 9.62. The van der Waals surface area contributed by atoms with Crippen molar-refractivity contribution >= 4 is 23.9 Å². The largest absolute Gasteiger partial charge is 0.393 e. The third-order valence-corrected chi connectivity index (χ3v) is 9.64. The summed E-state index contributed by atoms with van der Waals surface area (Å²) in [4.78, 5) is 50.3. The molecule has 0 unspecified atom stereocenters. The van der Waals surface area contributed by atoms with Crippen LogP contribution in [0, 0.1) is 47.3 Å². The molecule has 0 amide bonds. The van der Waals surface area contributed by atoms with E-state index in [4.69, 9.17) is 18.9 Å². The maximum atomic E-state index is 12.7. The van der Waals surface area contributed by atoms with E-state index in [0.29, 0.717) is 32.5 Å². The second-order valence-electron chi connectivity index (χ2n) is 10.9. The number of hydrogen-bond acceptors (Lipinski definition) is 8. The molecule has 0 bridgehead atoms. The molecule has 5 fully saturated rings. The highest BCUT2D eigenvalue weighted by atomic mass is 16.6. The Morgan fingerprint density at radius 2 is 1.03 bits per heavy atom. The zero-order valence-corrected chi connectivity index (χ0v) is 18.6. The maximum Gasteiger partial charge on any atom is 0.318 e. The molecule has 3 aliphatic carbocycles. The molecule has 4 heterocycles. The SMILES string of the molecule is CC1=C2CO[C@@H]3[C@@H](C[C@H]4[C@@H]3OCC3=C(C)C[C@@H]5C(=O)OC(=O)[C@@H]5[C@@H]34)[C@@H]2[C@@H]2C(=O)OC(=O)[C@@H]2C1. The van der Waals surface area contributed by atoms with Crippen LogP contribution in [0.5, 0.6) is 0 Å². The fourth-order valence-electron chi connectivity index (χ4n) is 8.32. The van der Waals surface area contributed by atoms with E-state index < -0.39 is 47.5 Å². The lowest BCUT2D eigenvalue weighted by Gasteiger charge is -2.45. The molecule has 4 saturated heterocycles. The molecule has 10 atom stereocenters. The number of carbonyl (C=O) groups excluding carboxylic acids is 4. The molecule has 1 saturated carbocycles. The van der Waals surface area contributed by atoms with E-state index in [0.717, 1.165) is 22.3 Å². The van der Waals surface area contributed by atoms with E-state index in [1.54, 1.807) is 0 Å². The zero-order valence-electron chi connectivity index (χ0n) is 18.6. The molecule has 0 spiro atoms. The van der Waals surface area contributed by atoms with E-state index in [2.05, 4.69) is 0 Å². The van der Waals surface area contributed by atoms with E-state index in [1.807, 2.05) is 13.8 Å². The number of ether oxygens (including phenoxy) is 4. The first-order chi connectivity index (χ1) is 15.8. The van der Waals surface area contributed by atoms with Crippen molar-refractivity contribution in [1.29, 1.82) is 0 Å². The van der Waals surface area contributed by atoms with Crippen molar-refractivity contribution < 1.29 is 38.1 Å². The number of esters is 4. The summed E-state index contributed by atoms with van der Waals surface area (Å²) in [5.41, 5.74) is 4.46. The van der Waals surface area contributed by atoms with Gasteiger partial charge in [-0.25, -0.2) is 0 Å². The zero-order chi connectivity index (χ0) is 22.8. The van der Waals surface area contributed by atoms with Gasteiger partial charge in [0.1, 0.15) is 0 Å². The quantitative estimate of drug-likeness (QED) is 0.310. The molecule has 33 heavy (non-hydrogen) atoms. The van der Waals surface area contributed by atoms with Gasteiger partial charge in [-0.1, -0.05) is 11.1 Å². The molecule has 0 N–H and O–H groups in total. The molecule has 0 aromatic carbocycles. The van der Waals surface area contributed by atoms with Crippen molar-refractivity contribution in [2.45, 2.75) is 45.3 Å². The Balaban J connectivity index is 1.29. The fraction of sp³-hybridized carbons (Fsp3) is 0.680. The van der Waals surface area contributed by atoms with Gasteiger partial charge in [-0.2, -0.15) is 0 Å². The summed E-state index contributed by atoms with van der Waals surface area (Å²) < 4.78 is 22.9. The number of carbonyl (C=O) groups is 4. The molecule has 0 aromatic rings. The van der Waals surface area contributed by atoms with Gasteiger partial charge in [0.25, 0.3) is 0 Å². The summed E-state index contributed by atoms with van der Waals surface area (Å²) >= 11 is 0. The van der Waals surface area contributed by atoms with Crippen molar-refractivity contribution in [2.24, 2.45) is 47.3 Å². The Kier molecular flexibility index (Phi) is 4.04. The average molecular weight is 454 g/mol. The Labute approximate surface area is 190 Å². The average Bonchev–Trinajstić information content (AvgIpc) is 3.39. The second-order valence-corrected chi connectivity index (χ2v) is 10.9. The topological polar surface area (TPSA) is 105 Å². The highest BCUT2D eigenvalue weighted by Crippen LogP contribution is 2.60. The molecule has 7 rings (SSSR count). The van der Waals surface area contributed by atoms with Gasteiger partial charge in [0, 0.05) is 11.8 Å². The van der Waals surface area contributed by atoms with Crippen LogP contribution in [0.15, 0.2) is 22.3 Å². The van der Waals surface area contributed by atoms with Gasteiger partial charge in [-0.05, 0) is 56.1 Å². The Bertz CT molecular complexity index is 1000. The molecule has 7 aliphatic rings. The van der Waals surface area contributed by atoms with Crippen molar-refractivity contribution in [3.63, 3.8) is 0 Å². The van der Waals surface area contributed by atoms with Crippen LogP contribution >= 0.6 is 0 Å². The minimum absolute atomic E-state index is 0.00175. The molecule has 174 valence electrons. The Morgan fingerprint density at radius 1 is 0.606 bits per heavy atom. The van der Waals surface area contributed by atoms with Crippen LogP contribution in [-0.4, -0.2) is 49.3 Å². The van der Waals surface area contributed by atoms with E-state index >= 15 is 0 Å². The normalized spacial score (nSPS) is 47.9.